The Morgan fingerprint density at radius 1 is 1.05 bits per heavy atom. The van der Waals surface area contributed by atoms with Crippen molar-refractivity contribution in [2.45, 2.75) is 31.6 Å². The SMILES string of the molecule is Cc1ccc(SNC(=O)Nc2ccccc2C(C)C)cc1. The lowest BCUT2D eigenvalue weighted by Gasteiger charge is -2.13. The van der Waals surface area contributed by atoms with Gasteiger partial charge in [-0.1, -0.05) is 49.7 Å². The minimum absolute atomic E-state index is 0.214. The van der Waals surface area contributed by atoms with Crippen LogP contribution in [0.5, 0.6) is 0 Å². The van der Waals surface area contributed by atoms with E-state index in [0.29, 0.717) is 5.92 Å². The van der Waals surface area contributed by atoms with Crippen LogP contribution < -0.4 is 10.0 Å². The van der Waals surface area contributed by atoms with Crippen molar-refractivity contribution in [2.24, 2.45) is 0 Å². The molecule has 2 aromatic rings. The standard InChI is InChI=1S/C17H20N2OS/c1-12(2)15-6-4-5-7-16(15)18-17(20)19-21-14-10-8-13(3)9-11-14/h4-12H,1-3H3,(H2,18,19,20). The van der Waals surface area contributed by atoms with E-state index in [2.05, 4.69) is 23.9 Å². The molecule has 0 aliphatic rings. The first-order valence-electron chi connectivity index (χ1n) is 6.95. The molecule has 2 amide bonds. The molecule has 2 rings (SSSR count). The minimum Gasteiger partial charge on any atom is -0.307 e. The molecule has 0 saturated heterocycles. The monoisotopic (exact) mass is 300 g/mol. The van der Waals surface area contributed by atoms with Crippen molar-refractivity contribution in [2.75, 3.05) is 5.32 Å². The number of nitrogens with one attached hydrogen (secondary N) is 2. The molecule has 2 N–H and O–H groups in total. The van der Waals surface area contributed by atoms with Gasteiger partial charge in [0, 0.05) is 10.6 Å². The number of hydrogen-bond donors (Lipinski definition) is 2. The molecule has 0 spiro atoms. The molecule has 0 radical (unpaired) electrons. The van der Waals surface area contributed by atoms with Gasteiger partial charge in [0.2, 0.25) is 0 Å². The molecule has 4 heteroatoms. The Balaban J connectivity index is 1.94. The Kier molecular flexibility index (Phi) is 5.28. The summed E-state index contributed by atoms with van der Waals surface area (Å²) in [7, 11) is 0. The average molecular weight is 300 g/mol. The zero-order valence-corrected chi connectivity index (χ0v) is 13.3. The highest BCUT2D eigenvalue weighted by Crippen LogP contribution is 2.24. The number of hydrogen-bond acceptors (Lipinski definition) is 2. The van der Waals surface area contributed by atoms with E-state index in [1.54, 1.807) is 0 Å². The summed E-state index contributed by atoms with van der Waals surface area (Å²) in [6.45, 7) is 6.26. The van der Waals surface area contributed by atoms with Gasteiger partial charge in [-0.3, -0.25) is 4.72 Å². The van der Waals surface area contributed by atoms with Crippen LogP contribution in [0, 0.1) is 6.92 Å². The molecule has 0 fully saturated rings. The van der Waals surface area contributed by atoms with Crippen molar-refractivity contribution >= 4 is 23.7 Å². The fourth-order valence-corrected chi connectivity index (χ4v) is 2.51. The van der Waals surface area contributed by atoms with Crippen molar-refractivity contribution in [3.63, 3.8) is 0 Å². The number of aryl methyl sites for hydroxylation is 1. The molecule has 0 heterocycles. The lowest BCUT2D eigenvalue weighted by atomic mass is 10.0. The first-order chi connectivity index (χ1) is 10.1. The van der Waals surface area contributed by atoms with Crippen molar-refractivity contribution in [1.29, 1.82) is 0 Å². The van der Waals surface area contributed by atoms with Crippen molar-refractivity contribution in [3.05, 3.63) is 59.7 Å². The average Bonchev–Trinajstić information content (AvgIpc) is 2.47. The second kappa shape index (κ2) is 7.18. The van der Waals surface area contributed by atoms with Crippen molar-refractivity contribution in [3.8, 4) is 0 Å². The largest absolute Gasteiger partial charge is 0.329 e. The van der Waals surface area contributed by atoms with Gasteiger partial charge in [0.15, 0.2) is 0 Å². The summed E-state index contributed by atoms with van der Waals surface area (Å²) in [5.74, 6) is 0.367. The summed E-state index contributed by atoms with van der Waals surface area (Å²) < 4.78 is 2.80. The normalized spacial score (nSPS) is 10.5. The predicted molar refractivity (Wildman–Crippen MR) is 89.7 cm³/mol. The summed E-state index contributed by atoms with van der Waals surface area (Å²) in [5.41, 5.74) is 3.19. The molecule has 21 heavy (non-hydrogen) atoms. The number of benzene rings is 2. The summed E-state index contributed by atoms with van der Waals surface area (Å²) >= 11 is 1.31. The number of rotatable bonds is 4. The number of para-hydroxylation sites is 1. The number of carbonyl (C=O) groups is 1. The van der Waals surface area contributed by atoms with E-state index < -0.39 is 0 Å². The highest BCUT2D eigenvalue weighted by atomic mass is 32.2. The summed E-state index contributed by atoms with van der Waals surface area (Å²) in [6, 6.07) is 15.7. The Bertz CT molecular complexity index is 608. The molecule has 2 aromatic carbocycles. The minimum atomic E-state index is -0.214. The van der Waals surface area contributed by atoms with E-state index in [-0.39, 0.29) is 6.03 Å². The van der Waals surface area contributed by atoms with Gasteiger partial charge in [0.25, 0.3) is 0 Å². The van der Waals surface area contributed by atoms with Gasteiger partial charge in [0.1, 0.15) is 0 Å². The van der Waals surface area contributed by atoms with E-state index in [4.69, 9.17) is 0 Å². The van der Waals surface area contributed by atoms with E-state index >= 15 is 0 Å². The van der Waals surface area contributed by atoms with E-state index in [1.807, 2.05) is 55.5 Å². The number of urea groups is 1. The molecule has 3 nitrogen and oxygen atoms in total. The molecule has 0 saturated carbocycles. The van der Waals surface area contributed by atoms with Gasteiger partial charge < -0.3 is 5.32 Å². The molecule has 0 aromatic heterocycles. The van der Waals surface area contributed by atoms with E-state index in [1.165, 1.54) is 17.5 Å². The van der Waals surface area contributed by atoms with Crippen molar-refractivity contribution in [1.82, 2.24) is 4.72 Å². The first kappa shape index (κ1) is 15.4. The molecule has 110 valence electrons. The fraction of sp³-hybridized carbons (Fsp3) is 0.235. The second-order valence-corrected chi connectivity index (χ2v) is 6.09. The quantitative estimate of drug-likeness (QED) is 0.785. The third kappa shape index (κ3) is 4.53. The molecule has 0 atom stereocenters. The van der Waals surface area contributed by atoms with Crippen LogP contribution in [-0.2, 0) is 0 Å². The third-order valence-electron chi connectivity index (χ3n) is 3.11. The van der Waals surface area contributed by atoms with Crippen LogP contribution in [0.4, 0.5) is 10.5 Å². The Hall–Kier alpha value is -1.94. The van der Waals surface area contributed by atoms with E-state index in [9.17, 15) is 4.79 Å². The van der Waals surface area contributed by atoms with Crippen LogP contribution in [0.15, 0.2) is 53.4 Å². The number of anilines is 1. The second-order valence-electron chi connectivity index (χ2n) is 5.21. The van der Waals surface area contributed by atoms with Gasteiger partial charge in [-0.15, -0.1) is 0 Å². The molecule has 0 aliphatic heterocycles. The Labute approximate surface area is 130 Å². The van der Waals surface area contributed by atoms with Crippen LogP contribution in [0.25, 0.3) is 0 Å². The first-order valence-corrected chi connectivity index (χ1v) is 7.77. The zero-order chi connectivity index (χ0) is 15.2. The van der Waals surface area contributed by atoms with E-state index in [0.717, 1.165) is 16.1 Å². The third-order valence-corrected chi connectivity index (χ3v) is 3.91. The van der Waals surface area contributed by atoms with Gasteiger partial charge in [-0.05, 0) is 48.6 Å². The predicted octanol–water partition coefficient (Wildman–Crippen LogP) is 4.95. The molecular formula is C17H20N2OS. The van der Waals surface area contributed by atoms with Gasteiger partial charge >= 0.3 is 6.03 Å². The maximum Gasteiger partial charge on any atom is 0.329 e. The number of carbonyl (C=O) groups excluding carboxylic acids is 1. The smallest absolute Gasteiger partial charge is 0.307 e. The topological polar surface area (TPSA) is 41.1 Å². The molecule has 0 unspecified atom stereocenters. The van der Waals surface area contributed by atoms with Crippen LogP contribution in [-0.4, -0.2) is 6.03 Å². The van der Waals surface area contributed by atoms with Crippen LogP contribution in [0.1, 0.15) is 30.9 Å². The van der Waals surface area contributed by atoms with Crippen LogP contribution in [0.3, 0.4) is 0 Å². The van der Waals surface area contributed by atoms with Crippen LogP contribution >= 0.6 is 11.9 Å². The van der Waals surface area contributed by atoms with Gasteiger partial charge in [-0.2, -0.15) is 0 Å². The summed E-state index contributed by atoms with van der Waals surface area (Å²) in [4.78, 5) is 13.0. The van der Waals surface area contributed by atoms with Crippen LogP contribution in [0.2, 0.25) is 0 Å². The number of amides is 2. The fourth-order valence-electron chi connectivity index (χ4n) is 1.97. The van der Waals surface area contributed by atoms with Gasteiger partial charge in [0.05, 0.1) is 0 Å². The lowest BCUT2D eigenvalue weighted by Crippen LogP contribution is -2.23. The van der Waals surface area contributed by atoms with Crippen molar-refractivity contribution < 1.29 is 4.79 Å². The highest BCUT2D eigenvalue weighted by Gasteiger charge is 2.08. The highest BCUT2D eigenvalue weighted by molar-refractivity contribution is 7.98. The Morgan fingerprint density at radius 2 is 1.71 bits per heavy atom. The summed E-state index contributed by atoms with van der Waals surface area (Å²) in [5, 5.41) is 2.90. The maximum absolute atomic E-state index is 12.0. The Morgan fingerprint density at radius 3 is 2.38 bits per heavy atom. The molecular weight excluding hydrogens is 280 g/mol. The molecule has 0 bridgehead atoms. The van der Waals surface area contributed by atoms with Gasteiger partial charge in [-0.25, -0.2) is 4.79 Å². The molecule has 0 aliphatic carbocycles. The zero-order valence-electron chi connectivity index (χ0n) is 12.5. The summed E-state index contributed by atoms with van der Waals surface area (Å²) in [6.07, 6.45) is 0. The lowest BCUT2D eigenvalue weighted by molar-refractivity contribution is 0.257. The maximum atomic E-state index is 12.0.